The summed E-state index contributed by atoms with van der Waals surface area (Å²) in [5.41, 5.74) is -0.00798. The summed E-state index contributed by atoms with van der Waals surface area (Å²) in [5.74, 6) is 0.717. The van der Waals surface area contributed by atoms with Crippen molar-refractivity contribution in [2.24, 2.45) is 0 Å². The first kappa shape index (κ1) is 25.7. The summed E-state index contributed by atoms with van der Waals surface area (Å²) in [4.78, 5) is 30.2. The number of nitrogens with zero attached hydrogens (tertiary/aromatic N) is 5. The molecule has 13 heteroatoms. The Morgan fingerprint density at radius 1 is 1.21 bits per heavy atom. The van der Waals surface area contributed by atoms with Crippen LogP contribution in [-0.2, 0) is 6.18 Å². The largest absolute Gasteiger partial charge is 0.475 e. The molecular formula is C25H25F3N6O4. The molecule has 2 atom stereocenters. The number of fused-ring (bicyclic) bond motifs is 4. The number of pyridine rings is 1. The third-order valence-electron chi connectivity index (χ3n) is 6.34. The molecule has 3 aromatic rings. The zero-order valence-electron chi connectivity index (χ0n) is 20.1. The van der Waals surface area contributed by atoms with Crippen LogP contribution in [0.4, 0.5) is 35.3 Å². The average Bonchev–Trinajstić information content (AvgIpc) is 2.91. The van der Waals surface area contributed by atoms with E-state index in [0.717, 1.165) is 31.5 Å². The highest BCUT2D eigenvalue weighted by Gasteiger charge is 2.39. The van der Waals surface area contributed by atoms with Crippen LogP contribution in [0.2, 0.25) is 0 Å². The Morgan fingerprint density at radius 2 is 2.03 bits per heavy atom. The van der Waals surface area contributed by atoms with E-state index >= 15 is 0 Å². The van der Waals surface area contributed by atoms with Crippen LogP contribution in [0.25, 0.3) is 11.4 Å². The van der Waals surface area contributed by atoms with E-state index in [2.05, 4.69) is 25.2 Å². The van der Waals surface area contributed by atoms with Crippen molar-refractivity contribution in [2.45, 2.75) is 31.2 Å². The van der Waals surface area contributed by atoms with Gasteiger partial charge in [-0.05, 0) is 31.0 Å². The predicted octanol–water partition coefficient (Wildman–Crippen LogP) is 3.31. The topological polar surface area (TPSA) is 124 Å². The fourth-order valence-corrected chi connectivity index (χ4v) is 4.53. The van der Waals surface area contributed by atoms with Crippen LogP contribution in [0, 0.1) is 0 Å². The third kappa shape index (κ3) is 5.34. The summed E-state index contributed by atoms with van der Waals surface area (Å²) in [6.07, 6.45) is -2.47. The van der Waals surface area contributed by atoms with E-state index in [-0.39, 0.29) is 35.7 Å². The molecule has 0 spiro atoms. The van der Waals surface area contributed by atoms with Crippen LogP contribution in [-0.4, -0.2) is 69.6 Å². The second-order valence-electron chi connectivity index (χ2n) is 9.03. The van der Waals surface area contributed by atoms with Crippen LogP contribution in [0.15, 0.2) is 48.7 Å². The molecule has 5 rings (SSSR count). The Bertz CT molecular complexity index is 1320. The van der Waals surface area contributed by atoms with Gasteiger partial charge >= 0.3 is 12.2 Å². The number of carbonyl (C=O) groups excluding carboxylic acids is 1. The van der Waals surface area contributed by atoms with E-state index in [1.807, 2.05) is 0 Å². The van der Waals surface area contributed by atoms with Gasteiger partial charge in [0.15, 0.2) is 11.6 Å². The van der Waals surface area contributed by atoms with Crippen molar-refractivity contribution >= 4 is 23.4 Å². The number of carbonyl (C=O) groups is 1. The number of halogens is 3. The molecule has 0 radical (unpaired) electrons. The quantitative estimate of drug-likeness (QED) is 0.444. The number of anilines is 3. The summed E-state index contributed by atoms with van der Waals surface area (Å²) < 4.78 is 45.2. The number of ether oxygens (including phenoxy) is 1. The molecule has 1 unspecified atom stereocenters. The molecule has 2 aliphatic heterocycles. The minimum absolute atomic E-state index is 0.0739. The van der Waals surface area contributed by atoms with Gasteiger partial charge in [-0.1, -0.05) is 18.2 Å². The van der Waals surface area contributed by atoms with Gasteiger partial charge in [-0.15, -0.1) is 0 Å². The Hall–Kier alpha value is -3.97. The minimum atomic E-state index is -4.51. The van der Waals surface area contributed by atoms with E-state index in [0.29, 0.717) is 18.1 Å². The molecule has 4 heterocycles. The molecule has 1 saturated heterocycles. The number of piperidine rings is 1. The fraction of sp³-hybridized carbons (Fsp3) is 0.360. The maximum absolute atomic E-state index is 13.5. The summed E-state index contributed by atoms with van der Waals surface area (Å²) in [5, 5.41) is 21.2. The molecule has 1 fully saturated rings. The fourth-order valence-electron chi connectivity index (χ4n) is 4.53. The highest BCUT2D eigenvalue weighted by molar-refractivity contribution is 6.04. The summed E-state index contributed by atoms with van der Waals surface area (Å²) in [6, 6.07) is 8.77. The molecule has 10 nitrogen and oxygen atoms in total. The zero-order chi connectivity index (χ0) is 26.9. The van der Waals surface area contributed by atoms with Crippen molar-refractivity contribution in [3.8, 4) is 17.3 Å². The highest BCUT2D eigenvalue weighted by Crippen LogP contribution is 2.39. The maximum Gasteiger partial charge on any atom is 0.416 e. The van der Waals surface area contributed by atoms with Gasteiger partial charge in [0.2, 0.25) is 5.88 Å². The van der Waals surface area contributed by atoms with E-state index in [9.17, 15) is 23.1 Å². The number of hydrogen-bond acceptors (Lipinski definition) is 8. The monoisotopic (exact) mass is 530 g/mol. The van der Waals surface area contributed by atoms with Crippen molar-refractivity contribution in [3.05, 3.63) is 54.2 Å². The van der Waals surface area contributed by atoms with Crippen LogP contribution in [0.1, 0.15) is 18.4 Å². The normalized spacial score (nSPS) is 17.6. The van der Waals surface area contributed by atoms with Crippen LogP contribution in [0.5, 0.6) is 5.88 Å². The molecule has 2 amide bonds. The predicted molar refractivity (Wildman–Crippen MR) is 132 cm³/mol. The Morgan fingerprint density at radius 3 is 2.82 bits per heavy atom. The van der Waals surface area contributed by atoms with Crippen LogP contribution in [0.3, 0.4) is 0 Å². The maximum atomic E-state index is 13.5. The molecule has 0 aliphatic carbocycles. The molecule has 38 heavy (non-hydrogen) atoms. The van der Waals surface area contributed by atoms with Gasteiger partial charge < -0.3 is 19.8 Å². The summed E-state index contributed by atoms with van der Waals surface area (Å²) in [6.45, 7) is 0.690. The average molecular weight is 531 g/mol. The van der Waals surface area contributed by atoms with Crippen LogP contribution < -0.4 is 19.9 Å². The first-order valence-electron chi connectivity index (χ1n) is 12.0. The number of rotatable bonds is 6. The van der Waals surface area contributed by atoms with Gasteiger partial charge in [-0.2, -0.15) is 18.2 Å². The number of benzene rings is 1. The van der Waals surface area contributed by atoms with E-state index in [4.69, 9.17) is 9.84 Å². The lowest BCUT2D eigenvalue weighted by molar-refractivity contribution is -0.137. The second kappa shape index (κ2) is 10.4. The number of aliphatic hydroxyl groups excluding tert-OH is 2. The number of alkyl halides is 3. The molecule has 0 saturated carbocycles. The van der Waals surface area contributed by atoms with Gasteiger partial charge in [-0.3, -0.25) is 10.2 Å². The van der Waals surface area contributed by atoms with Crippen LogP contribution >= 0.6 is 0 Å². The van der Waals surface area contributed by atoms with Crippen molar-refractivity contribution in [2.75, 3.05) is 41.4 Å². The van der Waals surface area contributed by atoms with Gasteiger partial charge in [0, 0.05) is 24.7 Å². The number of aromatic nitrogens is 3. The van der Waals surface area contributed by atoms with Gasteiger partial charge in [0.05, 0.1) is 30.1 Å². The molecule has 200 valence electrons. The number of urea groups is 1. The summed E-state index contributed by atoms with van der Waals surface area (Å²) >= 11 is 0. The molecule has 2 aliphatic rings. The van der Waals surface area contributed by atoms with Gasteiger partial charge in [0.1, 0.15) is 18.5 Å². The van der Waals surface area contributed by atoms with E-state index in [1.165, 1.54) is 17.0 Å². The molecule has 1 aromatic carbocycles. The molecular weight excluding hydrogens is 505 g/mol. The third-order valence-corrected chi connectivity index (χ3v) is 6.34. The lowest BCUT2D eigenvalue weighted by atomic mass is 10.0. The first-order valence-corrected chi connectivity index (χ1v) is 12.0. The first-order chi connectivity index (χ1) is 18.2. The van der Waals surface area contributed by atoms with E-state index in [1.54, 1.807) is 24.4 Å². The smallest absolute Gasteiger partial charge is 0.416 e. The second-order valence-corrected chi connectivity index (χ2v) is 9.03. The Kier molecular flexibility index (Phi) is 7.04. The molecule has 2 bridgehead atoms. The van der Waals surface area contributed by atoms with Gasteiger partial charge in [0.25, 0.3) is 0 Å². The van der Waals surface area contributed by atoms with Gasteiger partial charge in [-0.25, -0.2) is 14.8 Å². The number of aliphatic hydroxyl groups is 2. The Balaban J connectivity index is 1.44. The standard InChI is InChI=1S/C25H25F3N6O4/c26-25(27,28)16-5-1-4-15(10-16)22-29-11-19-23(32-22)34(17-6-3-9-33(19)12-17)24(37)31-20-7-2-8-21(30-20)38-14-18(36)13-35/h1-2,4-5,7-8,10-11,17-18,35-36H,3,6,9,12-14H2,(H,30,31,37)/t17-,18?/m0/s1. The van der Waals surface area contributed by atoms with E-state index < -0.39 is 30.5 Å². The number of amides is 2. The minimum Gasteiger partial charge on any atom is -0.475 e. The van der Waals surface area contributed by atoms with Crippen molar-refractivity contribution in [1.82, 2.24) is 15.0 Å². The van der Waals surface area contributed by atoms with Crippen molar-refractivity contribution < 1.29 is 32.9 Å². The lowest BCUT2D eigenvalue weighted by Crippen LogP contribution is -2.56. The molecule has 2 aromatic heterocycles. The van der Waals surface area contributed by atoms with Crippen molar-refractivity contribution in [3.63, 3.8) is 0 Å². The van der Waals surface area contributed by atoms with Crippen molar-refractivity contribution in [1.29, 1.82) is 0 Å². The zero-order valence-corrected chi connectivity index (χ0v) is 20.1. The number of hydrogen-bond donors (Lipinski definition) is 3. The SMILES string of the molecule is O=C(Nc1cccc(OCC(O)CO)n1)N1c2nc(-c3cccc(C(F)(F)F)c3)ncc2N2CCC[C@H]1C2. The Labute approximate surface area is 215 Å². The number of nitrogens with one attached hydrogen (secondary N) is 1. The lowest BCUT2D eigenvalue weighted by Gasteiger charge is -2.45. The summed E-state index contributed by atoms with van der Waals surface area (Å²) in [7, 11) is 0. The highest BCUT2D eigenvalue weighted by atomic mass is 19.4. The molecule has 3 N–H and O–H groups in total.